The number of furan rings is 1. The molecule has 0 saturated carbocycles. The summed E-state index contributed by atoms with van der Waals surface area (Å²) in [5.41, 5.74) is 0. The zero-order chi connectivity index (χ0) is 20.5. The number of hydrogen-bond acceptors (Lipinski definition) is 5. The van der Waals surface area contributed by atoms with Crippen LogP contribution in [-0.2, 0) is 0 Å². The Labute approximate surface area is 194 Å². The van der Waals surface area contributed by atoms with Crippen molar-refractivity contribution in [2.75, 3.05) is 53.0 Å². The molecule has 1 amide bonds. The number of halogens is 1. The van der Waals surface area contributed by atoms with Crippen LogP contribution in [0.3, 0.4) is 0 Å². The molecular formula is C21H29IN4O4. The fourth-order valence-corrected chi connectivity index (χ4v) is 3.11. The highest BCUT2D eigenvalue weighted by molar-refractivity contribution is 14.0. The van der Waals surface area contributed by atoms with Gasteiger partial charge in [-0.3, -0.25) is 4.79 Å². The average Bonchev–Trinajstić information content (AvgIpc) is 3.30. The number of benzene rings is 1. The zero-order valence-corrected chi connectivity index (χ0v) is 19.7. The third-order valence-electron chi connectivity index (χ3n) is 4.60. The Bertz CT molecular complexity index is 805. The lowest BCUT2D eigenvalue weighted by Crippen LogP contribution is -2.53. The van der Waals surface area contributed by atoms with Crippen LogP contribution in [-0.4, -0.2) is 74.7 Å². The largest absolute Gasteiger partial charge is 0.497 e. The number of methoxy groups -OCH3 is 1. The Hall–Kier alpha value is -2.43. The van der Waals surface area contributed by atoms with E-state index in [2.05, 4.69) is 15.2 Å². The van der Waals surface area contributed by atoms with Crippen molar-refractivity contribution in [2.45, 2.75) is 6.92 Å². The molecule has 2 aromatic rings. The lowest BCUT2D eigenvalue weighted by atomic mass is 10.3. The first kappa shape index (κ1) is 23.8. The second-order valence-corrected chi connectivity index (χ2v) is 6.52. The van der Waals surface area contributed by atoms with Crippen molar-refractivity contribution in [1.82, 2.24) is 15.1 Å². The number of rotatable bonds is 7. The molecule has 1 fully saturated rings. The number of guanidine groups is 1. The lowest BCUT2D eigenvalue weighted by molar-refractivity contribution is 0.0657. The van der Waals surface area contributed by atoms with Gasteiger partial charge in [-0.2, -0.15) is 0 Å². The van der Waals surface area contributed by atoms with Crippen LogP contribution in [0.2, 0.25) is 0 Å². The van der Waals surface area contributed by atoms with E-state index in [1.807, 2.05) is 36.1 Å². The highest BCUT2D eigenvalue weighted by Crippen LogP contribution is 2.18. The minimum absolute atomic E-state index is 0. The predicted molar refractivity (Wildman–Crippen MR) is 126 cm³/mol. The van der Waals surface area contributed by atoms with Gasteiger partial charge < -0.3 is 29.0 Å². The Morgan fingerprint density at radius 1 is 1.13 bits per heavy atom. The van der Waals surface area contributed by atoms with Crippen molar-refractivity contribution < 1.29 is 18.7 Å². The molecule has 9 heteroatoms. The molecule has 0 radical (unpaired) electrons. The summed E-state index contributed by atoms with van der Waals surface area (Å²) < 4.78 is 16.2. The Morgan fingerprint density at radius 3 is 2.53 bits per heavy atom. The predicted octanol–water partition coefficient (Wildman–Crippen LogP) is 2.71. The number of amides is 1. The number of nitrogens with zero attached hydrogens (tertiary/aromatic N) is 3. The van der Waals surface area contributed by atoms with Gasteiger partial charge in [0.2, 0.25) is 0 Å². The van der Waals surface area contributed by atoms with Gasteiger partial charge >= 0.3 is 0 Å². The first-order chi connectivity index (χ1) is 14.2. The van der Waals surface area contributed by atoms with Gasteiger partial charge in [-0.05, 0) is 31.2 Å². The van der Waals surface area contributed by atoms with E-state index < -0.39 is 0 Å². The van der Waals surface area contributed by atoms with Gasteiger partial charge in [-0.15, -0.1) is 24.0 Å². The summed E-state index contributed by atoms with van der Waals surface area (Å²) in [5.74, 6) is 2.68. The van der Waals surface area contributed by atoms with Gasteiger partial charge in [0.15, 0.2) is 11.7 Å². The minimum atomic E-state index is -0.0664. The van der Waals surface area contributed by atoms with Crippen LogP contribution in [0.4, 0.5) is 0 Å². The van der Waals surface area contributed by atoms with Gasteiger partial charge in [-0.25, -0.2) is 4.99 Å². The van der Waals surface area contributed by atoms with Crippen LogP contribution in [0.1, 0.15) is 17.5 Å². The monoisotopic (exact) mass is 528 g/mol. The highest BCUT2D eigenvalue weighted by Gasteiger charge is 2.25. The van der Waals surface area contributed by atoms with Gasteiger partial charge in [0.25, 0.3) is 5.91 Å². The van der Waals surface area contributed by atoms with Gasteiger partial charge in [0.05, 0.1) is 19.9 Å². The summed E-state index contributed by atoms with van der Waals surface area (Å²) in [6.07, 6.45) is 1.52. The molecule has 1 saturated heterocycles. The van der Waals surface area contributed by atoms with Crippen molar-refractivity contribution in [2.24, 2.45) is 4.99 Å². The van der Waals surface area contributed by atoms with Gasteiger partial charge in [0, 0.05) is 38.8 Å². The summed E-state index contributed by atoms with van der Waals surface area (Å²) in [4.78, 5) is 21.0. The van der Waals surface area contributed by atoms with Gasteiger partial charge in [-0.1, -0.05) is 6.07 Å². The number of aliphatic imine (C=N–C) groups is 1. The van der Waals surface area contributed by atoms with Gasteiger partial charge in [0.1, 0.15) is 18.1 Å². The van der Waals surface area contributed by atoms with E-state index in [1.165, 1.54) is 6.26 Å². The van der Waals surface area contributed by atoms with Crippen molar-refractivity contribution in [3.05, 3.63) is 48.4 Å². The van der Waals surface area contributed by atoms with E-state index in [1.54, 1.807) is 19.2 Å². The maximum absolute atomic E-state index is 12.4. The molecular weight excluding hydrogens is 499 g/mol. The topological polar surface area (TPSA) is 79.5 Å². The molecule has 2 heterocycles. The molecule has 1 aromatic carbocycles. The first-order valence-electron chi connectivity index (χ1n) is 9.84. The van der Waals surface area contributed by atoms with Crippen LogP contribution in [0.15, 0.2) is 52.1 Å². The summed E-state index contributed by atoms with van der Waals surface area (Å²) in [6.45, 7) is 6.52. The zero-order valence-electron chi connectivity index (χ0n) is 17.4. The Kier molecular flexibility index (Phi) is 9.78. The highest BCUT2D eigenvalue weighted by atomic mass is 127. The molecule has 1 aliphatic heterocycles. The smallest absolute Gasteiger partial charge is 0.289 e. The summed E-state index contributed by atoms with van der Waals surface area (Å²) >= 11 is 0. The van der Waals surface area contributed by atoms with Crippen LogP contribution in [0, 0.1) is 0 Å². The number of hydrogen-bond donors (Lipinski definition) is 1. The van der Waals surface area contributed by atoms with Crippen LogP contribution in [0.25, 0.3) is 0 Å². The Balaban J connectivity index is 0.00000320. The normalized spacial score (nSPS) is 14.1. The third-order valence-corrected chi connectivity index (χ3v) is 4.60. The van der Waals surface area contributed by atoms with Crippen molar-refractivity contribution in [3.63, 3.8) is 0 Å². The standard InChI is InChI=1S/C21H28N4O4.HI/c1-3-22-21(23-9-15-28-18-7-4-6-17(16-18)27-2)25-12-10-24(11-13-25)20(26)19-8-5-14-29-19;/h4-8,14,16H,3,9-13,15H2,1-2H3,(H,22,23);1H. The molecule has 0 atom stereocenters. The van der Waals surface area contributed by atoms with E-state index in [0.29, 0.717) is 32.0 Å². The molecule has 0 unspecified atom stereocenters. The second kappa shape index (κ2) is 12.3. The molecule has 30 heavy (non-hydrogen) atoms. The van der Waals surface area contributed by atoms with E-state index in [4.69, 9.17) is 13.9 Å². The van der Waals surface area contributed by atoms with Crippen LogP contribution in [0.5, 0.6) is 11.5 Å². The molecule has 1 aromatic heterocycles. The molecule has 0 spiro atoms. The molecule has 1 aliphatic rings. The average molecular weight is 528 g/mol. The molecule has 164 valence electrons. The molecule has 8 nitrogen and oxygen atoms in total. The molecule has 3 rings (SSSR count). The van der Waals surface area contributed by atoms with E-state index in [0.717, 1.165) is 37.1 Å². The fraction of sp³-hybridized carbons (Fsp3) is 0.429. The second-order valence-electron chi connectivity index (χ2n) is 6.52. The molecule has 0 bridgehead atoms. The maximum Gasteiger partial charge on any atom is 0.289 e. The van der Waals surface area contributed by atoms with Crippen molar-refractivity contribution in [1.29, 1.82) is 0 Å². The van der Waals surface area contributed by atoms with Crippen molar-refractivity contribution in [3.8, 4) is 11.5 Å². The number of carbonyl (C=O) groups excluding carboxylic acids is 1. The fourth-order valence-electron chi connectivity index (χ4n) is 3.11. The van der Waals surface area contributed by atoms with Crippen LogP contribution < -0.4 is 14.8 Å². The van der Waals surface area contributed by atoms with Crippen LogP contribution >= 0.6 is 24.0 Å². The van der Waals surface area contributed by atoms with E-state index >= 15 is 0 Å². The first-order valence-corrected chi connectivity index (χ1v) is 9.84. The summed E-state index contributed by atoms with van der Waals surface area (Å²) in [6, 6.07) is 10.9. The number of nitrogens with one attached hydrogen (secondary N) is 1. The number of ether oxygens (including phenoxy) is 2. The number of carbonyl (C=O) groups is 1. The van der Waals surface area contributed by atoms with E-state index in [-0.39, 0.29) is 29.9 Å². The third kappa shape index (κ3) is 6.54. The summed E-state index contributed by atoms with van der Waals surface area (Å²) in [7, 11) is 1.63. The SMILES string of the molecule is CCNC(=NCCOc1cccc(OC)c1)N1CCN(C(=O)c2ccco2)CC1.I. The van der Waals surface area contributed by atoms with Crippen molar-refractivity contribution >= 4 is 35.8 Å². The quantitative estimate of drug-likeness (QED) is 0.258. The maximum atomic E-state index is 12.4. The minimum Gasteiger partial charge on any atom is -0.497 e. The number of piperazine rings is 1. The van der Waals surface area contributed by atoms with E-state index in [9.17, 15) is 4.79 Å². The molecule has 1 N–H and O–H groups in total. The summed E-state index contributed by atoms with van der Waals surface area (Å²) in [5, 5.41) is 3.32. The lowest BCUT2D eigenvalue weighted by Gasteiger charge is -2.36. The molecule has 0 aliphatic carbocycles. The Morgan fingerprint density at radius 2 is 1.87 bits per heavy atom.